The maximum Gasteiger partial charge on any atom is 0.248 e. The van der Waals surface area contributed by atoms with Crippen LogP contribution in [0.25, 0.3) is 6.08 Å². The van der Waals surface area contributed by atoms with Crippen LogP contribution in [0.5, 0.6) is 0 Å². The van der Waals surface area contributed by atoms with Crippen LogP contribution in [0.15, 0.2) is 83.3 Å². The van der Waals surface area contributed by atoms with E-state index >= 15 is 0 Å². The van der Waals surface area contributed by atoms with Crippen molar-refractivity contribution in [3.63, 3.8) is 0 Å². The lowest BCUT2D eigenvalue weighted by atomic mass is 9.92. The molecule has 0 aromatic heterocycles. The number of nitrogens with two attached hydrogens (primary N) is 1. The molecule has 8 heteroatoms. The fourth-order valence-corrected chi connectivity index (χ4v) is 4.93. The molecule has 1 heterocycles. The summed E-state index contributed by atoms with van der Waals surface area (Å²) in [4.78, 5) is 28.1. The van der Waals surface area contributed by atoms with Crippen molar-refractivity contribution in [3.05, 3.63) is 94.5 Å². The molecule has 3 aromatic carbocycles. The smallest absolute Gasteiger partial charge is 0.248 e. The molecule has 0 aliphatic carbocycles. The van der Waals surface area contributed by atoms with E-state index in [-0.39, 0.29) is 23.8 Å². The highest BCUT2D eigenvalue weighted by atomic mass is 79.9. The number of amides is 2. The Morgan fingerprint density at radius 2 is 1.69 bits per heavy atom. The average Bonchev–Trinajstić information content (AvgIpc) is 2.94. The molecular formula is C31H35BrN4O3. The molecule has 0 bridgehead atoms. The van der Waals surface area contributed by atoms with Gasteiger partial charge in [0.1, 0.15) is 0 Å². The number of aliphatic hydroxyl groups excluding tert-OH is 1. The van der Waals surface area contributed by atoms with Crippen molar-refractivity contribution in [1.29, 1.82) is 0 Å². The molecule has 0 radical (unpaired) electrons. The maximum atomic E-state index is 13.4. The quantitative estimate of drug-likeness (QED) is 0.180. The summed E-state index contributed by atoms with van der Waals surface area (Å²) in [5, 5.41) is 15.6. The van der Waals surface area contributed by atoms with Gasteiger partial charge in [-0.3, -0.25) is 9.59 Å². The van der Waals surface area contributed by atoms with Gasteiger partial charge >= 0.3 is 0 Å². The monoisotopic (exact) mass is 590 g/mol. The van der Waals surface area contributed by atoms with Gasteiger partial charge in [0.2, 0.25) is 11.8 Å². The Bertz CT molecular complexity index is 1270. The van der Waals surface area contributed by atoms with Crippen LogP contribution in [0.4, 0.5) is 17.1 Å². The number of carbonyl (C=O) groups excluding carboxylic acids is 2. The van der Waals surface area contributed by atoms with Gasteiger partial charge < -0.3 is 26.4 Å². The van der Waals surface area contributed by atoms with E-state index in [2.05, 4.69) is 31.5 Å². The summed E-state index contributed by atoms with van der Waals surface area (Å²) < 4.78 is 0.952. The van der Waals surface area contributed by atoms with Crippen LogP contribution in [0, 0.1) is 0 Å². The second-order valence-electron chi connectivity index (χ2n) is 9.84. The lowest BCUT2D eigenvalue weighted by Gasteiger charge is -2.29. The second-order valence-corrected chi connectivity index (χ2v) is 10.8. The van der Waals surface area contributed by atoms with Gasteiger partial charge in [-0.05, 0) is 85.8 Å². The molecule has 1 fully saturated rings. The zero-order valence-electron chi connectivity index (χ0n) is 21.9. The van der Waals surface area contributed by atoms with E-state index in [1.165, 1.54) is 6.08 Å². The van der Waals surface area contributed by atoms with Gasteiger partial charge in [0.25, 0.3) is 0 Å². The number of carbonyl (C=O) groups is 2. The van der Waals surface area contributed by atoms with Gasteiger partial charge in [-0.2, -0.15) is 0 Å². The van der Waals surface area contributed by atoms with Crippen molar-refractivity contribution in [2.45, 2.75) is 37.7 Å². The molecule has 1 atom stereocenters. The maximum absolute atomic E-state index is 13.4. The van der Waals surface area contributed by atoms with Crippen LogP contribution in [-0.2, 0) is 9.59 Å². The predicted molar refractivity (Wildman–Crippen MR) is 161 cm³/mol. The SMILES string of the molecule is Nc1ccccc1NC(=O)/C=C/c1ccc(C(CCCN2CCC(O)CC2)C(=O)Nc2ccc(Br)cc2)cc1. The molecule has 4 rings (SSSR count). The minimum atomic E-state index is -0.314. The third-order valence-electron chi connectivity index (χ3n) is 6.94. The Labute approximate surface area is 238 Å². The van der Waals surface area contributed by atoms with Gasteiger partial charge in [-0.15, -0.1) is 0 Å². The van der Waals surface area contributed by atoms with Crippen LogP contribution in [0.1, 0.15) is 42.7 Å². The van der Waals surface area contributed by atoms with Crippen LogP contribution in [-0.4, -0.2) is 47.6 Å². The van der Waals surface area contributed by atoms with Crippen molar-refractivity contribution >= 4 is 50.9 Å². The van der Waals surface area contributed by atoms with Crippen molar-refractivity contribution in [2.75, 3.05) is 36.0 Å². The average molecular weight is 592 g/mol. The summed E-state index contributed by atoms with van der Waals surface area (Å²) in [6, 6.07) is 22.4. The Balaban J connectivity index is 1.41. The Hall–Kier alpha value is -3.46. The van der Waals surface area contributed by atoms with Gasteiger partial charge in [0, 0.05) is 29.3 Å². The molecule has 204 valence electrons. The highest BCUT2D eigenvalue weighted by molar-refractivity contribution is 9.10. The van der Waals surface area contributed by atoms with Crippen molar-refractivity contribution in [2.24, 2.45) is 0 Å². The number of para-hydroxylation sites is 2. The number of nitrogens with one attached hydrogen (secondary N) is 2. The molecule has 7 nitrogen and oxygen atoms in total. The van der Waals surface area contributed by atoms with Crippen molar-refractivity contribution in [3.8, 4) is 0 Å². The van der Waals surface area contributed by atoms with E-state index in [1.54, 1.807) is 18.2 Å². The molecular weight excluding hydrogens is 556 g/mol. The standard InChI is InChI=1S/C31H35BrN4O3/c32-24-12-14-25(15-13-24)34-31(39)27(4-3-19-36-20-17-26(37)18-21-36)23-10-7-22(8-11-23)9-16-30(38)35-29-6-2-1-5-28(29)33/h1-2,5-16,26-27,37H,3-4,17-21,33H2,(H,34,39)(H,35,38)/b16-9+. The fraction of sp³-hybridized carbons (Fsp3) is 0.290. The highest BCUT2D eigenvalue weighted by Crippen LogP contribution is 2.26. The molecule has 1 unspecified atom stereocenters. The van der Waals surface area contributed by atoms with E-state index in [0.29, 0.717) is 17.8 Å². The first-order chi connectivity index (χ1) is 18.9. The Kier molecular flexibility index (Phi) is 10.3. The minimum Gasteiger partial charge on any atom is -0.397 e. The molecule has 1 aliphatic rings. The number of hydrogen-bond donors (Lipinski definition) is 4. The number of hydrogen-bond acceptors (Lipinski definition) is 5. The third kappa shape index (κ3) is 8.78. The lowest BCUT2D eigenvalue weighted by Crippen LogP contribution is -2.36. The summed E-state index contributed by atoms with van der Waals surface area (Å²) in [5.41, 5.74) is 9.51. The van der Waals surface area contributed by atoms with Gasteiger partial charge in [0.15, 0.2) is 0 Å². The molecule has 0 spiro atoms. The van der Waals surface area contributed by atoms with Crippen LogP contribution in [0.3, 0.4) is 0 Å². The van der Waals surface area contributed by atoms with Crippen LogP contribution < -0.4 is 16.4 Å². The van der Waals surface area contributed by atoms with E-state index in [9.17, 15) is 14.7 Å². The van der Waals surface area contributed by atoms with Gasteiger partial charge in [-0.25, -0.2) is 0 Å². The molecule has 1 aliphatic heterocycles. The molecule has 3 aromatic rings. The summed E-state index contributed by atoms with van der Waals surface area (Å²) in [6.45, 7) is 2.68. The van der Waals surface area contributed by atoms with Gasteiger partial charge in [0.05, 0.1) is 23.4 Å². The number of likely N-dealkylation sites (tertiary alicyclic amines) is 1. The lowest BCUT2D eigenvalue weighted by molar-refractivity contribution is -0.117. The molecule has 1 saturated heterocycles. The molecule has 2 amide bonds. The number of benzene rings is 3. The number of nitrogen functional groups attached to an aromatic ring is 1. The Morgan fingerprint density at radius 3 is 2.38 bits per heavy atom. The summed E-state index contributed by atoms with van der Waals surface area (Å²) in [5.74, 6) is -0.630. The number of rotatable bonds is 10. The van der Waals surface area contributed by atoms with Gasteiger partial charge in [-0.1, -0.05) is 52.3 Å². The van der Waals surface area contributed by atoms with Crippen molar-refractivity contribution < 1.29 is 14.7 Å². The van der Waals surface area contributed by atoms with E-state index in [4.69, 9.17) is 5.73 Å². The third-order valence-corrected chi connectivity index (χ3v) is 7.47. The minimum absolute atomic E-state index is 0.0468. The van der Waals surface area contributed by atoms with Crippen LogP contribution in [0.2, 0.25) is 0 Å². The summed E-state index contributed by atoms with van der Waals surface area (Å²) in [7, 11) is 0. The largest absolute Gasteiger partial charge is 0.397 e. The highest BCUT2D eigenvalue weighted by Gasteiger charge is 2.22. The second kappa shape index (κ2) is 14.1. The van der Waals surface area contributed by atoms with Crippen molar-refractivity contribution in [1.82, 2.24) is 4.90 Å². The fourth-order valence-electron chi connectivity index (χ4n) is 4.67. The zero-order valence-corrected chi connectivity index (χ0v) is 23.4. The van der Waals surface area contributed by atoms with E-state index in [0.717, 1.165) is 60.2 Å². The number of halogens is 1. The molecule has 0 saturated carbocycles. The first-order valence-electron chi connectivity index (χ1n) is 13.3. The van der Waals surface area contributed by atoms with E-state index in [1.807, 2.05) is 60.7 Å². The predicted octanol–water partition coefficient (Wildman–Crippen LogP) is 5.64. The van der Waals surface area contributed by atoms with E-state index < -0.39 is 0 Å². The molecule has 5 N–H and O–H groups in total. The number of anilines is 3. The first-order valence-corrected chi connectivity index (χ1v) is 14.1. The topological polar surface area (TPSA) is 108 Å². The number of nitrogens with zero attached hydrogens (tertiary/aromatic N) is 1. The Morgan fingerprint density at radius 1 is 1.00 bits per heavy atom. The van der Waals surface area contributed by atoms with Crippen LogP contribution >= 0.6 is 15.9 Å². The summed E-state index contributed by atoms with van der Waals surface area (Å²) in [6.07, 6.45) is 6.20. The first kappa shape index (κ1) is 28.5. The number of piperidine rings is 1. The number of aliphatic hydroxyl groups is 1. The summed E-state index contributed by atoms with van der Waals surface area (Å²) >= 11 is 3.43. The molecule has 39 heavy (non-hydrogen) atoms. The zero-order chi connectivity index (χ0) is 27.6. The normalized spacial score (nSPS) is 15.2.